The smallest absolute Gasteiger partial charge is 0.241 e. The van der Waals surface area contributed by atoms with Crippen LogP contribution in [0.15, 0.2) is 24.3 Å². The van der Waals surface area contributed by atoms with E-state index in [0.717, 1.165) is 0 Å². The van der Waals surface area contributed by atoms with E-state index in [9.17, 15) is 9.59 Å². The van der Waals surface area contributed by atoms with E-state index in [1.807, 2.05) is 0 Å². The van der Waals surface area contributed by atoms with Gasteiger partial charge in [-0.3, -0.25) is 14.9 Å². The summed E-state index contributed by atoms with van der Waals surface area (Å²) in [5.41, 5.74) is 0. The molecule has 1 atom stereocenters. The number of halogens is 1. The van der Waals surface area contributed by atoms with Gasteiger partial charge in [-0.05, 0) is 24.3 Å². The zero-order chi connectivity index (χ0) is 15.2. The number of rotatable bonds is 5. The van der Waals surface area contributed by atoms with Gasteiger partial charge in [0.25, 0.3) is 0 Å². The van der Waals surface area contributed by atoms with E-state index in [1.165, 1.54) is 0 Å². The molecule has 1 aromatic rings. The lowest BCUT2D eigenvalue weighted by Crippen LogP contribution is -2.58. The number of benzene rings is 1. The molecule has 0 radical (unpaired) electrons. The molecule has 0 aliphatic carbocycles. The van der Waals surface area contributed by atoms with Crippen molar-refractivity contribution in [3.05, 3.63) is 29.3 Å². The SMILES string of the molecule is CN(CCOc1ccc(Cl)cc1)C(=O)C1CNC(=O)CN1. The summed E-state index contributed by atoms with van der Waals surface area (Å²) in [4.78, 5) is 24.7. The van der Waals surface area contributed by atoms with Gasteiger partial charge in [-0.25, -0.2) is 0 Å². The molecule has 0 spiro atoms. The quantitative estimate of drug-likeness (QED) is 0.818. The number of hydrogen-bond acceptors (Lipinski definition) is 4. The predicted octanol–water partition coefficient (Wildman–Crippen LogP) is 0.265. The lowest BCUT2D eigenvalue weighted by Gasteiger charge is -2.27. The van der Waals surface area contributed by atoms with E-state index >= 15 is 0 Å². The second-order valence-corrected chi connectivity index (χ2v) is 5.24. The highest BCUT2D eigenvalue weighted by Crippen LogP contribution is 2.15. The third-order valence-corrected chi connectivity index (χ3v) is 3.45. The lowest BCUT2D eigenvalue weighted by atomic mass is 10.2. The average molecular weight is 312 g/mol. The number of likely N-dealkylation sites (N-methyl/N-ethyl adjacent to an activating group) is 1. The summed E-state index contributed by atoms with van der Waals surface area (Å²) in [6, 6.07) is 6.69. The fraction of sp³-hybridized carbons (Fsp3) is 0.429. The Morgan fingerprint density at radius 3 is 2.76 bits per heavy atom. The van der Waals surface area contributed by atoms with Crippen molar-refractivity contribution >= 4 is 23.4 Å². The van der Waals surface area contributed by atoms with Gasteiger partial charge in [-0.2, -0.15) is 0 Å². The van der Waals surface area contributed by atoms with Gasteiger partial charge in [-0.15, -0.1) is 0 Å². The van der Waals surface area contributed by atoms with E-state index in [0.29, 0.717) is 30.5 Å². The number of amides is 2. The molecule has 0 bridgehead atoms. The summed E-state index contributed by atoms with van der Waals surface area (Å²) in [7, 11) is 1.71. The first-order valence-corrected chi connectivity index (χ1v) is 7.07. The summed E-state index contributed by atoms with van der Waals surface area (Å²) >= 11 is 5.79. The largest absolute Gasteiger partial charge is 0.492 e. The molecule has 0 saturated carbocycles. The maximum atomic E-state index is 12.1. The van der Waals surface area contributed by atoms with Gasteiger partial charge in [0, 0.05) is 18.6 Å². The molecular weight excluding hydrogens is 294 g/mol. The number of hydrogen-bond donors (Lipinski definition) is 2. The number of piperazine rings is 1. The first-order chi connectivity index (χ1) is 10.1. The third kappa shape index (κ3) is 4.61. The standard InChI is InChI=1S/C14H18ClN3O3/c1-18(14(20)12-8-17-13(19)9-16-12)6-7-21-11-4-2-10(15)3-5-11/h2-5,12,16H,6-9H2,1H3,(H,17,19). The van der Waals surface area contributed by atoms with Gasteiger partial charge in [-0.1, -0.05) is 11.6 Å². The predicted molar refractivity (Wildman–Crippen MR) is 79.4 cm³/mol. The van der Waals surface area contributed by atoms with Crippen LogP contribution < -0.4 is 15.4 Å². The number of carbonyl (C=O) groups is 2. The summed E-state index contributed by atoms with van der Waals surface area (Å²) in [6.45, 7) is 1.35. The van der Waals surface area contributed by atoms with E-state index in [4.69, 9.17) is 16.3 Å². The van der Waals surface area contributed by atoms with Crippen molar-refractivity contribution in [3.63, 3.8) is 0 Å². The maximum Gasteiger partial charge on any atom is 0.241 e. The van der Waals surface area contributed by atoms with Crippen molar-refractivity contribution in [1.29, 1.82) is 0 Å². The van der Waals surface area contributed by atoms with Crippen LogP contribution in [0.1, 0.15) is 0 Å². The lowest BCUT2D eigenvalue weighted by molar-refractivity contribution is -0.134. The molecule has 1 aliphatic heterocycles. The minimum Gasteiger partial charge on any atom is -0.492 e. The first kappa shape index (κ1) is 15.6. The van der Waals surface area contributed by atoms with E-state index in [2.05, 4.69) is 10.6 Å². The van der Waals surface area contributed by atoms with Crippen LogP contribution in [-0.4, -0.2) is 56.0 Å². The van der Waals surface area contributed by atoms with Gasteiger partial charge in [0.1, 0.15) is 18.4 Å². The molecule has 1 aromatic carbocycles. The molecule has 1 heterocycles. The highest BCUT2D eigenvalue weighted by atomic mass is 35.5. The van der Waals surface area contributed by atoms with Crippen molar-refractivity contribution in [2.45, 2.75) is 6.04 Å². The van der Waals surface area contributed by atoms with E-state index in [1.54, 1.807) is 36.2 Å². The Morgan fingerprint density at radius 1 is 1.43 bits per heavy atom. The van der Waals surface area contributed by atoms with Crippen molar-refractivity contribution in [2.75, 3.05) is 33.3 Å². The van der Waals surface area contributed by atoms with Crippen LogP contribution in [-0.2, 0) is 9.59 Å². The molecule has 21 heavy (non-hydrogen) atoms. The van der Waals surface area contributed by atoms with Crippen LogP contribution in [0.2, 0.25) is 5.02 Å². The zero-order valence-corrected chi connectivity index (χ0v) is 12.5. The van der Waals surface area contributed by atoms with Crippen molar-refractivity contribution in [2.24, 2.45) is 0 Å². The number of nitrogens with one attached hydrogen (secondary N) is 2. The molecule has 2 amide bonds. The highest BCUT2D eigenvalue weighted by molar-refractivity contribution is 6.30. The maximum absolute atomic E-state index is 12.1. The molecule has 114 valence electrons. The molecule has 1 aliphatic rings. The Morgan fingerprint density at radius 2 is 2.14 bits per heavy atom. The summed E-state index contributed by atoms with van der Waals surface area (Å²) in [5, 5.41) is 6.22. The van der Waals surface area contributed by atoms with Crippen LogP contribution in [0.5, 0.6) is 5.75 Å². The summed E-state index contributed by atoms with van der Waals surface area (Å²) in [5.74, 6) is 0.561. The van der Waals surface area contributed by atoms with E-state index < -0.39 is 0 Å². The fourth-order valence-corrected chi connectivity index (χ4v) is 2.07. The van der Waals surface area contributed by atoms with Crippen LogP contribution in [0.3, 0.4) is 0 Å². The average Bonchev–Trinajstić information content (AvgIpc) is 2.49. The number of ether oxygens (including phenoxy) is 1. The van der Waals surface area contributed by atoms with Crippen LogP contribution in [0.25, 0.3) is 0 Å². The molecule has 0 aromatic heterocycles. The molecular formula is C14H18ClN3O3. The Labute approximate surface area is 128 Å². The summed E-state index contributed by atoms with van der Waals surface area (Å²) < 4.78 is 5.54. The normalized spacial score (nSPS) is 18.0. The number of carbonyl (C=O) groups excluding carboxylic acids is 2. The van der Waals surface area contributed by atoms with Crippen LogP contribution >= 0.6 is 11.6 Å². The van der Waals surface area contributed by atoms with Crippen LogP contribution in [0, 0.1) is 0 Å². The molecule has 1 saturated heterocycles. The molecule has 2 rings (SSSR count). The highest BCUT2D eigenvalue weighted by Gasteiger charge is 2.25. The first-order valence-electron chi connectivity index (χ1n) is 6.69. The fourth-order valence-electron chi connectivity index (χ4n) is 1.95. The number of nitrogens with zero attached hydrogens (tertiary/aromatic N) is 1. The van der Waals surface area contributed by atoms with Crippen LogP contribution in [0.4, 0.5) is 0 Å². The molecule has 6 nitrogen and oxygen atoms in total. The molecule has 7 heteroatoms. The molecule has 2 N–H and O–H groups in total. The van der Waals surface area contributed by atoms with Gasteiger partial charge < -0.3 is 15.0 Å². The Balaban J connectivity index is 1.73. The van der Waals surface area contributed by atoms with Crippen molar-refractivity contribution in [3.8, 4) is 5.75 Å². The Bertz CT molecular complexity index is 497. The van der Waals surface area contributed by atoms with Gasteiger partial charge in [0.15, 0.2) is 0 Å². The third-order valence-electron chi connectivity index (χ3n) is 3.20. The van der Waals surface area contributed by atoms with Gasteiger partial charge in [0.2, 0.25) is 11.8 Å². The Kier molecular flexibility index (Phi) is 5.41. The topological polar surface area (TPSA) is 70.7 Å². The summed E-state index contributed by atoms with van der Waals surface area (Å²) in [6.07, 6.45) is 0. The second-order valence-electron chi connectivity index (χ2n) is 4.80. The van der Waals surface area contributed by atoms with E-state index in [-0.39, 0.29) is 24.4 Å². The minimum absolute atomic E-state index is 0.0605. The minimum atomic E-state index is -0.372. The molecule has 1 fully saturated rings. The van der Waals surface area contributed by atoms with Gasteiger partial charge in [0.05, 0.1) is 13.1 Å². The monoisotopic (exact) mass is 311 g/mol. The molecule has 1 unspecified atom stereocenters. The van der Waals surface area contributed by atoms with Crippen molar-refractivity contribution in [1.82, 2.24) is 15.5 Å². The van der Waals surface area contributed by atoms with Crippen molar-refractivity contribution < 1.29 is 14.3 Å². The van der Waals surface area contributed by atoms with Gasteiger partial charge >= 0.3 is 0 Å². The zero-order valence-electron chi connectivity index (χ0n) is 11.8. The second kappa shape index (κ2) is 7.28. The Hall–Kier alpha value is -1.79.